The molecule has 27 heavy (non-hydrogen) atoms. The van der Waals surface area contributed by atoms with Gasteiger partial charge in [-0.25, -0.2) is 8.42 Å². The highest BCUT2D eigenvalue weighted by molar-refractivity contribution is 7.89. The molecule has 9 heteroatoms. The zero-order chi connectivity index (χ0) is 19.6. The number of nitrogens with zero attached hydrogens (tertiary/aromatic N) is 3. The lowest BCUT2D eigenvalue weighted by atomic mass is 9.94. The lowest BCUT2D eigenvalue weighted by Gasteiger charge is -2.34. The standard InChI is InChI=1S/C18H24N4O4S/c1-4-16-20-21-18(26-16)19-17(23)14-5-7-15(8-6-14)27(24,25)22-10-12(2)9-13(3)11-22/h5-8,12-13H,4,9-11H2,1-3H3,(H,19,21,23)/t12-,13+. The molecular weight excluding hydrogens is 368 g/mol. The molecule has 1 aliphatic rings. The van der Waals surface area contributed by atoms with Crippen molar-refractivity contribution < 1.29 is 17.6 Å². The molecule has 8 nitrogen and oxygen atoms in total. The molecule has 2 aromatic rings. The summed E-state index contributed by atoms with van der Waals surface area (Å²) in [5, 5.41) is 10.0. The van der Waals surface area contributed by atoms with E-state index in [2.05, 4.69) is 29.4 Å². The van der Waals surface area contributed by atoms with Crippen LogP contribution < -0.4 is 5.32 Å². The van der Waals surface area contributed by atoms with Crippen molar-refractivity contribution in [2.24, 2.45) is 11.8 Å². The fraction of sp³-hybridized carbons (Fsp3) is 0.500. The van der Waals surface area contributed by atoms with Crippen LogP contribution in [0.4, 0.5) is 6.01 Å². The summed E-state index contributed by atoms with van der Waals surface area (Å²) in [7, 11) is -3.57. The molecule has 2 heterocycles. The van der Waals surface area contributed by atoms with Crippen molar-refractivity contribution in [3.05, 3.63) is 35.7 Å². The van der Waals surface area contributed by atoms with Gasteiger partial charge < -0.3 is 4.42 Å². The molecule has 0 radical (unpaired) electrons. The number of carbonyl (C=O) groups excluding carboxylic acids is 1. The van der Waals surface area contributed by atoms with Crippen molar-refractivity contribution in [1.82, 2.24) is 14.5 Å². The molecule has 1 aromatic carbocycles. The number of nitrogens with one attached hydrogen (secondary N) is 1. The van der Waals surface area contributed by atoms with E-state index in [0.717, 1.165) is 6.42 Å². The van der Waals surface area contributed by atoms with Gasteiger partial charge >= 0.3 is 6.01 Å². The Hall–Kier alpha value is -2.26. The minimum absolute atomic E-state index is 0.0184. The Morgan fingerprint density at radius 1 is 1.19 bits per heavy atom. The molecule has 0 aliphatic carbocycles. The van der Waals surface area contributed by atoms with Gasteiger partial charge in [-0.2, -0.15) is 4.31 Å². The Morgan fingerprint density at radius 2 is 1.81 bits per heavy atom. The van der Waals surface area contributed by atoms with Crippen LogP contribution in [0.1, 0.15) is 43.4 Å². The van der Waals surface area contributed by atoms with E-state index in [1.54, 1.807) is 0 Å². The first-order valence-electron chi connectivity index (χ1n) is 9.03. The number of carbonyl (C=O) groups is 1. The minimum Gasteiger partial charge on any atom is -0.408 e. The molecule has 1 aliphatic heterocycles. The van der Waals surface area contributed by atoms with E-state index in [1.165, 1.54) is 28.6 Å². The molecule has 2 atom stereocenters. The monoisotopic (exact) mass is 392 g/mol. The largest absolute Gasteiger partial charge is 0.408 e. The number of amides is 1. The predicted octanol–water partition coefficient (Wildman–Crippen LogP) is 2.55. The molecule has 0 unspecified atom stereocenters. The van der Waals surface area contributed by atoms with Gasteiger partial charge in [0.2, 0.25) is 15.9 Å². The smallest absolute Gasteiger partial charge is 0.322 e. The highest BCUT2D eigenvalue weighted by Crippen LogP contribution is 2.26. The number of anilines is 1. The second-order valence-corrected chi connectivity index (χ2v) is 9.04. The molecule has 1 fully saturated rings. The number of hydrogen-bond acceptors (Lipinski definition) is 6. The zero-order valence-electron chi connectivity index (χ0n) is 15.7. The van der Waals surface area contributed by atoms with Crippen LogP contribution in [0.5, 0.6) is 0 Å². The topological polar surface area (TPSA) is 105 Å². The first kappa shape index (κ1) is 19.5. The Kier molecular flexibility index (Phi) is 5.61. The molecule has 0 bridgehead atoms. The maximum Gasteiger partial charge on any atom is 0.322 e. The number of aromatic nitrogens is 2. The van der Waals surface area contributed by atoms with Crippen LogP contribution in [0.3, 0.4) is 0 Å². The van der Waals surface area contributed by atoms with Crippen molar-refractivity contribution in [2.75, 3.05) is 18.4 Å². The van der Waals surface area contributed by atoms with Gasteiger partial charge in [0.05, 0.1) is 4.90 Å². The normalized spacial score (nSPS) is 21.1. The van der Waals surface area contributed by atoms with E-state index in [9.17, 15) is 13.2 Å². The van der Waals surface area contributed by atoms with Crippen LogP contribution in [-0.2, 0) is 16.4 Å². The highest BCUT2D eigenvalue weighted by Gasteiger charge is 2.31. The third-order valence-corrected chi connectivity index (χ3v) is 6.43. The molecule has 1 N–H and O–H groups in total. The number of aryl methyl sites for hydroxylation is 1. The molecule has 1 saturated heterocycles. The predicted molar refractivity (Wildman–Crippen MR) is 99.8 cm³/mol. The summed E-state index contributed by atoms with van der Waals surface area (Å²) in [5.41, 5.74) is 0.311. The molecule has 1 amide bonds. The Morgan fingerprint density at radius 3 is 2.37 bits per heavy atom. The van der Waals surface area contributed by atoms with Gasteiger partial charge in [-0.3, -0.25) is 10.1 Å². The maximum atomic E-state index is 12.9. The fourth-order valence-electron chi connectivity index (χ4n) is 3.35. The van der Waals surface area contributed by atoms with Crippen molar-refractivity contribution in [3.63, 3.8) is 0 Å². The third-order valence-electron chi connectivity index (χ3n) is 4.58. The van der Waals surface area contributed by atoms with Gasteiger partial charge in [0.25, 0.3) is 5.91 Å². The lowest BCUT2D eigenvalue weighted by Crippen LogP contribution is -2.42. The molecule has 146 valence electrons. The van der Waals surface area contributed by atoms with Crippen LogP contribution in [0.25, 0.3) is 0 Å². The van der Waals surface area contributed by atoms with Gasteiger partial charge in [0.15, 0.2) is 0 Å². The van der Waals surface area contributed by atoms with E-state index in [1.807, 2.05) is 6.92 Å². The van der Waals surface area contributed by atoms with Crippen molar-refractivity contribution in [2.45, 2.75) is 38.5 Å². The van der Waals surface area contributed by atoms with Gasteiger partial charge in [-0.15, -0.1) is 5.10 Å². The summed E-state index contributed by atoms with van der Waals surface area (Å²) < 4.78 is 32.5. The van der Waals surface area contributed by atoms with Crippen molar-refractivity contribution in [1.29, 1.82) is 0 Å². The number of hydrogen-bond donors (Lipinski definition) is 1. The quantitative estimate of drug-likeness (QED) is 0.838. The van der Waals surface area contributed by atoms with Crippen LogP contribution in [0, 0.1) is 11.8 Å². The summed E-state index contributed by atoms with van der Waals surface area (Å²) in [5.74, 6) is 0.647. The first-order valence-corrected chi connectivity index (χ1v) is 10.5. The SMILES string of the molecule is CCc1nnc(NC(=O)c2ccc(S(=O)(=O)N3C[C@H](C)C[C@H](C)C3)cc2)o1. The number of benzene rings is 1. The average molecular weight is 392 g/mol. The second kappa shape index (κ2) is 7.77. The van der Waals surface area contributed by atoms with Crippen molar-refractivity contribution >= 4 is 21.9 Å². The summed E-state index contributed by atoms with van der Waals surface area (Å²) in [6.07, 6.45) is 1.60. The summed E-state index contributed by atoms with van der Waals surface area (Å²) in [6.45, 7) is 7.03. The van der Waals surface area contributed by atoms with Gasteiger partial charge in [-0.05, 0) is 42.5 Å². The molecule has 0 saturated carbocycles. The summed E-state index contributed by atoms with van der Waals surface area (Å²) in [4.78, 5) is 12.4. The number of sulfonamides is 1. The summed E-state index contributed by atoms with van der Waals surface area (Å²) >= 11 is 0. The fourth-order valence-corrected chi connectivity index (χ4v) is 5.03. The zero-order valence-corrected chi connectivity index (χ0v) is 16.5. The van der Waals surface area contributed by atoms with Gasteiger partial charge in [-0.1, -0.05) is 25.9 Å². The Labute approximate surface area is 159 Å². The highest BCUT2D eigenvalue weighted by atomic mass is 32.2. The van der Waals surface area contributed by atoms with E-state index in [-0.39, 0.29) is 10.9 Å². The van der Waals surface area contributed by atoms with E-state index >= 15 is 0 Å². The molecule has 3 rings (SSSR count). The minimum atomic E-state index is -3.57. The van der Waals surface area contributed by atoms with Crippen molar-refractivity contribution in [3.8, 4) is 0 Å². The van der Waals surface area contributed by atoms with Gasteiger partial charge in [0.1, 0.15) is 0 Å². The van der Waals surface area contributed by atoms with Gasteiger partial charge in [0, 0.05) is 25.1 Å². The second-order valence-electron chi connectivity index (χ2n) is 7.10. The first-order chi connectivity index (χ1) is 12.8. The number of piperidine rings is 1. The third kappa shape index (κ3) is 4.36. The van der Waals surface area contributed by atoms with E-state index in [4.69, 9.17) is 4.42 Å². The van der Waals surface area contributed by atoms with Crippen LogP contribution in [0.15, 0.2) is 33.6 Å². The molecule has 0 spiro atoms. The van der Waals surface area contributed by atoms with Crippen LogP contribution in [0.2, 0.25) is 0 Å². The Bertz CT molecular complexity index is 898. The average Bonchev–Trinajstić information content (AvgIpc) is 3.08. The Balaban J connectivity index is 1.73. The molecular formula is C18H24N4O4S. The molecule has 1 aromatic heterocycles. The van der Waals surface area contributed by atoms with Crippen LogP contribution >= 0.6 is 0 Å². The lowest BCUT2D eigenvalue weighted by molar-refractivity contribution is 0.102. The van der Waals surface area contributed by atoms with E-state index < -0.39 is 15.9 Å². The maximum absolute atomic E-state index is 12.9. The summed E-state index contributed by atoms with van der Waals surface area (Å²) in [6, 6.07) is 5.90. The van der Waals surface area contributed by atoms with E-state index in [0.29, 0.717) is 42.8 Å². The number of rotatable bonds is 5. The van der Waals surface area contributed by atoms with Crippen LogP contribution in [-0.4, -0.2) is 41.9 Å².